The van der Waals surface area contributed by atoms with E-state index in [9.17, 15) is 0 Å². The number of furan rings is 1. The van der Waals surface area contributed by atoms with Crippen molar-refractivity contribution in [2.24, 2.45) is 0 Å². The highest BCUT2D eigenvalue weighted by atomic mass is 16.3. The smallest absolute Gasteiger partial charge is 0.217 e. The third-order valence-corrected chi connectivity index (χ3v) is 2.44. The maximum absolute atomic E-state index is 5.49. The molecule has 0 radical (unpaired) electrons. The van der Waals surface area contributed by atoms with Crippen LogP contribution in [-0.4, -0.2) is 14.6 Å². The van der Waals surface area contributed by atoms with Gasteiger partial charge in [0.1, 0.15) is 5.76 Å². The van der Waals surface area contributed by atoms with E-state index in [0.717, 1.165) is 17.0 Å². The molecule has 0 aliphatic heterocycles. The summed E-state index contributed by atoms with van der Waals surface area (Å²) in [5, 5.41) is 4.37. The number of hydrogen-bond acceptors (Lipinski definition) is 3. The fourth-order valence-corrected chi connectivity index (χ4v) is 1.64. The Morgan fingerprint density at radius 3 is 2.75 bits per heavy atom. The summed E-state index contributed by atoms with van der Waals surface area (Å²) in [5.74, 6) is 2.20. The Kier molecular flexibility index (Phi) is 1.83. The molecule has 3 aromatic heterocycles. The highest BCUT2D eigenvalue weighted by Crippen LogP contribution is 2.19. The number of fused-ring (bicyclic) bond motifs is 1. The molecule has 0 atom stereocenters. The largest absolute Gasteiger partial charge is 0.458 e. The van der Waals surface area contributed by atoms with E-state index in [2.05, 4.69) is 10.1 Å². The summed E-state index contributed by atoms with van der Waals surface area (Å²) in [4.78, 5) is 4.40. The molecular weight excluding hydrogens is 202 g/mol. The predicted molar refractivity (Wildman–Crippen MR) is 60.2 cm³/mol. The molecule has 0 spiro atoms. The van der Waals surface area contributed by atoms with Gasteiger partial charge in [-0.2, -0.15) is 0 Å². The second-order valence-corrected chi connectivity index (χ2v) is 3.85. The lowest BCUT2D eigenvalue weighted by Crippen LogP contribution is -1.87. The molecule has 0 aliphatic carbocycles. The molecule has 3 aromatic rings. The van der Waals surface area contributed by atoms with Crippen molar-refractivity contribution in [1.82, 2.24) is 14.6 Å². The fourth-order valence-electron chi connectivity index (χ4n) is 1.64. The molecule has 0 aromatic carbocycles. The minimum absolute atomic E-state index is 0.624. The average Bonchev–Trinajstić information content (AvgIpc) is 2.83. The Morgan fingerprint density at radius 1 is 1.12 bits per heavy atom. The SMILES string of the molecule is Cc1ccc2nc(-c3ccc(C)o3)nn2c1. The van der Waals surface area contributed by atoms with Crippen LogP contribution in [0.4, 0.5) is 0 Å². The lowest BCUT2D eigenvalue weighted by atomic mass is 10.3. The number of aryl methyl sites for hydroxylation is 2. The third kappa shape index (κ3) is 1.39. The van der Waals surface area contributed by atoms with E-state index in [4.69, 9.17) is 4.42 Å². The van der Waals surface area contributed by atoms with Crippen molar-refractivity contribution in [3.63, 3.8) is 0 Å². The molecule has 4 heteroatoms. The maximum Gasteiger partial charge on any atom is 0.217 e. The first-order valence-corrected chi connectivity index (χ1v) is 5.12. The highest BCUT2D eigenvalue weighted by Gasteiger charge is 2.09. The molecule has 0 N–H and O–H groups in total. The molecule has 0 amide bonds. The van der Waals surface area contributed by atoms with Crippen molar-refractivity contribution in [1.29, 1.82) is 0 Å². The molecule has 0 unspecified atom stereocenters. The van der Waals surface area contributed by atoms with E-state index >= 15 is 0 Å². The van der Waals surface area contributed by atoms with Gasteiger partial charge in [-0.1, -0.05) is 6.07 Å². The standard InChI is InChI=1S/C12H11N3O/c1-8-3-6-11-13-12(14-15(11)7-8)10-5-4-9(2)16-10/h3-7H,1-2H3. The Hall–Kier alpha value is -2.10. The minimum atomic E-state index is 0.624. The monoisotopic (exact) mass is 213 g/mol. The molecule has 0 saturated carbocycles. The van der Waals surface area contributed by atoms with Gasteiger partial charge in [-0.3, -0.25) is 0 Å². The predicted octanol–water partition coefficient (Wildman–Crippen LogP) is 2.61. The summed E-state index contributed by atoms with van der Waals surface area (Å²) < 4.78 is 7.26. The Morgan fingerprint density at radius 2 is 2.00 bits per heavy atom. The molecule has 3 heterocycles. The van der Waals surface area contributed by atoms with E-state index in [-0.39, 0.29) is 0 Å². The lowest BCUT2D eigenvalue weighted by molar-refractivity contribution is 0.544. The van der Waals surface area contributed by atoms with Gasteiger partial charge in [0.15, 0.2) is 11.4 Å². The van der Waals surface area contributed by atoms with Crippen LogP contribution in [0, 0.1) is 13.8 Å². The molecule has 80 valence electrons. The zero-order chi connectivity index (χ0) is 11.1. The van der Waals surface area contributed by atoms with E-state index in [1.807, 2.05) is 44.3 Å². The fraction of sp³-hybridized carbons (Fsp3) is 0.167. The lowest BCUT2D eigenvalue weighted by Gasteiger charge is -1.91. The minimum Gasteiger partial charge on any atom is -0.458 e. The van der Waals surface area contributed by atoms with Crippen LogP contribution in [0.3, 0.4) is 0 Å². The van der Waals surface area contributed by atoms with Gasteiger partial charge in [-0.25, -0.2) is 9.50 Å². The number of aromatic nitrogens is 3. The highest BCUT2D eigenvalue weighted by molar-refractivity contribution is 5.52. The summed E-state index contributed by atoms with van der Waals surface area (Å²) in [6.07, 6.45) is 1.95. The van der Waals surface area contributed by atoms with E-state index in [1.165, 1.54) is 0 Å². The van der Waals surface area contributed by atoms with Crippen LogP contribution in [0.15, 0.2) is 34.9 Å². The molecule has 0 bridgehead atoms. The summed E-state index contributed by atoms with van der Waals surface area (Å²) in [6, 6.07) is 7.76. The van der Waals surface area contributed by atoms with Crippen molar-refractivity contribution in [3.05, 3.63) is 41.8 Å². The molecular formula is C12H11N3O. The summed E-state index contributed by atoms with van der Waals surface area (Å²) in [5.41, 5.74) is 1.98. The van der Waals surface area contributed by atoms with Crippen LogP contribution in [0.5, 0.6) is 0 Å². The van der Waals surface area contributed by atoms with Crippen LogP contribution in [0.2, 0.25) is 0 Å². The van der Waals surface area contributed by atoms with Crippen LogP contribution >= 0.6 is 0 Å². The second-order valence-electron chi connectivity index (χ2n) is 3.85. The van der Waals surface area contributed by atoms with Crippen molar-refractivity contribution in [2.45, 2.75) is 13.8 Å². The van der Waals surface area contributed by atoms with Gasteiger partial charge < -0.3 is 4.42 Å². The molecule has 3 rings (SSSR count). The number of hydrogen-bond donors (Lipinski definition) is 0. The Labute approximate surface area is 92.5 Å². The second kappa shape index (κ2) is 3.20. The number of pyridine rings is 1. The molecule has 0 saturated heterocycles. The van der Waals surface area contributed by atoms with Crippen molar-refractivity contribution in [3.8, 4) is 11.6 Å². The first-order chi connectivity index (χ1) is 7.72. The topological polar surface area (TPSA) is 43.3 Å². The third-order valence-electron chi connectivity index (χ3n) is 2.44. The molecule has 0 aliphatic rings. The normalized spacial score (nSPS) is 11.1. The van der Waals surface area contributed by atoms with Gasteiger partial charge in [-0.15, -0.1) is 5.10 Å². The van der Waals surface area contributed by atoms with Crippen LogP contribution in [0.1, 0.15) is 11.3 Å². The van der Waals surface area contributed by atoms with E-state index in [0.29, 0.717) is 11.6 Å². The molecule has 0 fully saturated rings. The van der Waals surface area contributed by atoms with Crippen LogP contribution in [0.25, 0.3) is 17.2 Å². The van der Waals surface area contributed by atoms with Gasteiger partial charge in [0, 0.05) is 6.20 Å². The van der Waals surface area contributed by atoms with E-state index in [1.54, 1.807) is 4.52 Å². The van der Waals surface area contributed by atoms with Gasteiger partial charge in [0.05, 0.1) is 0 Å². The average molecular weight is 213 g/mol. The van der Waals surface area contributed by atoms with Crippen LogP contribution < -0.4 is 0 Å². The van der Waals surface area contributed by atoms with E-state index < -0.39 is 0 Å². The zero-order valence-electron chi connectivity index (χ0n) is 9.14. The molecule has 4 nitrogen and oxygen atoms in total. The Balaban J connectivity index is 2.18. The van der Waals surface area contributed by atoms with Gasteiger partial charge in [-0.05, 0) is 37.6 Å². The quantitative estimate of drug-likeness (QED) is 0.624. The van der Waals surface area contributed by atoms with Gasteiger partial charge >= 0.3 is 0 Å². The number of rotatable bonds is 1. The van der Waals surface area contributed by atoms with Crippen molar-refractivity contribution < 1.29 is 4.42 Å². The zero-order valence-corrected chi connectivity index (χ0v) is 9.14. The van der Waals surface area contributed by atoms with Crippen molar-refractivity contribution in [2.75, 3.05) is 0 Å². The van der Waals surface area contributed by atoms with Crippen LogP contribution in [-0.2, 0) is 0 Å². The first-order valence-electron chi connectivity index (χ1n) is 5.12. The van der Waals surface area contributed by atoms with Crippen molar-refractivity contribution >= 4 is 5.65 Å². The summed E-state index contributed by atoms with van der Waals surface area (Å²) in [7, 11) is 0. The first kappa shape index (κ1) is 9.15. The summed E-state index contributed by atoms with van der Waals surface area (Å²) in [6.45, 7) is 3.93. The van der Waals surface area contributed by atoms with Gasteiger partial charge in [0.2, 0.25) is 5.82 Å². The van der Waals surface area contributed by atoms with Gasteiger partial charge in [0.25, 0.3) is 0 Å². The molecule has 16 heavy (non-hydrogen) atoms. The number of nitrogens with zero attached hydrogens (tertiary/aromatic N) is 3. The maximum atomic E-state index is 5.49. The Bertz CT molecular complexity index is 651. The summed E-state index contributed by atoms with van der Waals surface area (Å²) >= 11 is 0.